The molecule has 6 heteroatoms. The van der Waals surface area contributed by atoms with Crippen molar-refractivity contribution in [2.45, 2.75) is 6.92 Å². The van der Waals surface area contributed by atoms with Crippen molar-refractivity contribution in [3.63, 3.8) is 0 Å². The van der Waals surface area contributed by atoms with Gasteiger partial charge in [-0.15, -0.1) is 0 Å². The van der Waals surface area contributed by atoms with Gasteiger partial charge in [0.25, 0.3) is 0 Å². The lowest BCUT2D eigenvalue weighted by molar-refractivity contribution is 0.0529. The highest BCUT2D eigenvalue weighted by Crippen LogP contribution is 2.42. The van der Waals surface area contributed by atoms with Gasteiger partial charge in [-0.2, -0.15) is 0 Å². The number of carbonyl (C=O) groups is 1. The molecule has 1 N–H and O–H groups in total. The lowest BCUT2D eigenvalue weighted by atomic mass is 9.93. The lowest BCUT2D eigenvalue weighted by Crippen LogP contribution is -2.06. The van der Waals surface area contributed by atoms with Gasteiger partial charge in [-0.25, -0.2) is 14.8 Å². The zero-order valence-electron chi connectivity index (χ0n) is 18.7. The zero-order chi connectivity index (χ0) is 23.7. The Balaban J connectivity index is 1.83. The molecule has 0 unspecified atom stereocenters. The second kappa shape index (κ2) is 7.48. The van der Waals surface area contributed by atoms with E-state index in [2.05, 4.69) is 27.0 Å². The van der Waals surface area contributed by atoms with Crippen LogP contribution in [0.15, 0.2) is 77.3 Å². The second-order valence-corrected chi connectivity index (χ2v) is 9.50. The van der Waals surface area contributed by atoms with Crippen LogP contribution in [0, 0.1) is 0 Å². The number of rotatable bonds is 2. The molecule has 0 radical (unpaired) electrons. The summed E-state index contributed by atoms with van der Waals surface area (Å²) in [6.45, 7) is 2.13. The first kappa shape index (κ1) is 20.4. The quantitative estimate of drug-likeness (QED) is 0.144. The van der Waals surface area contributed by atoms with Gasteiger partial charge in [-0.3, -0.25) is 0 Å². The minimum Gasteiger partial charge on any atom is -0.462 e. The van der Waals surface area contributed by atoms with Crippen LogP contribution in [0.1, 0.15) is 17.3 Å². The minimum absolute atomic E-state index is 0.299. The second-order valence-electron chi connectivity index (χ2n) is 8.59. The van der Waals surface area contributed by atoms with E-state index in [-0.39, 0.29) is 5.97 Å². The summed E-state index contributed by atoms with van der Waals surface area (Å²) in [7, 11) is 0. The summed E-state index contributed by atoms with van der Waals surface area (Å²) < 4.78 is 6.49. The zero-order valence-corrected chi connectivity index (χ0v) is 20.3. The number of hydrogen-bond donors (Lipinski definition) is 1. The topological polar surface area (TPSA) is 67.9 Å². The van der Waals surface area contributed by atoms with Crippen molar-refractivity contribution >= 4 is 87.3 Å². The number of halogens is 1. The van der Waals surface area contributed by atoms with E-state index in [4.69, 9.17) is 14.7 Å². The maximum absolute atomic E-state index is 13.3. The van der Waals surface area contributed by atoms with Crippen molar-refractivity contribution in [2.24, 2.45) is 0 Å². The van der Waals surface area contributed by atoms with Crippen molar-refractivity contribution in [1.82, 2.24) is 15.0 Å². The number of para-hydroxylation sites is 2. The first-order chi connectivity index (χ1) is 17.1. The Kier molecular flexibility index (Phi) is 4.35. The highest BCUT2D eigenvalue weighted by molar-refractivity contribution is 9.10. The van der Waals surface area contributed by atoms with E-state index in [1.54, 1.807) is 0 Å². The first-order valence-electron chi connectivity index (χ1n) is 11.5. The molecule has 0 saturated carbocycles. The molecule has 0 amide bonds. The van der Waals surface area contributed by atoms with Gasteiger partial charge < -0.3 is 9.72 Å². The van der Waals surface area contributed by atoms with Crippen LogP contribution in [-0.4, -0.2) is 27.5 Å². The van der Waals surface area contributed by atoms with E-state index >= 15 is 0 Å². The summed E-state index contributed by atoms with van der Waals surface area (Å²) in [6, 6.07) is 24.0. The van der Waals surface area contributed by atoms with Gasteiger partial charge >= 0.3 is 5.97 Å². The summed E-state index contributed by atoms with van der Waals surface area (Å²) in [4.78, 5) is 27.1. The molecule has 7 rings (SSSR count). The van der Waals surface area contributed by atoms with Crippen LogP contribution in [-0.2, 0) is 4.74 Å². The molecule has 0 aliphatic carbocycles. The Morgan fingerprint density at radius 2 is 1.60 bits per heavy atom. The number of ether oxygens (including phenoxy) is 1. The molecule has 0 aliphatic rings. The van der Waals surface area contributed by atoms with E-state index in [0.29, 0.717) is 12.2 Å². The van der Waals surface area contributed by atoms with Crippen LogP contribution in [0.4, 0.5) is 0 Å². The average Bonchev–Trinajstić information content (AvgIpc) is 3.24. The maximum Gasteiger partial charge on any atom is 0.338 e. The van der Waals surface area contributed by atoms with Crippen LogP contribution >= 0.6 is 15.9 Å². The van der Waals surface area contributed by atoms with Gasteiger partial charge in [0.15, 0.2) is 0 Å². The van der Waals surface area contributed by atoms with Crippen LogP contribution < -0.4 is 0 Å². The maximum atomic E-state index is 13.3. The number of hydrogen-bond acceptors (Lipinski definition) is 4. The Morgan fingerprint density at radius 1 is 0.829 bits per heavy atom. The number of esters is 1. The molecule has 35 heavy (non-hydrogen) atoms. The Hall–Kier alpha value is -4.03. The van der Waals surface area contributed by atoms with Crippen LogP contribution in [0.5, 0.6) is 0 Å². The van der Waals surface area contributed by atoms with E-state index < -0.39 is 0 Å². The van der Waals surface area contributed by atoms with E-state index in [0.717, 1.165) is 69.9 Å². The highest BCUT2D eigenvalue weighted by Gasteiger charge is 2.23. The van der Waals surface area contributed by atoms with Gasteiger partial charge in [-0.1, -0.05) is 52.3 Å². The van der Waals surface area contributed by atoms with Crippen molar-refractivity contribution in [2.75, 3.05) is 6.61 Å². The molecule has 0 atom stereocenters. The fourth-order valence-electron chi connectivity index (χ4n) is 5.16. The monoisotopic (exact) mass is 519 g/mol. The molecular weight excluding hydrogens is 502 g/mol. The SMILES string of the molecule is CCOC(=O)c1cc2c3cc(Br)ccc3nc2c2c3[nH]c4ccccc4nc3c3ccccc3c12. The number of nitrogens with zero attached hydrogens (tertiary/aromatic N) is 2. The summed E-state index contributed by atoms with van der Waals surface area (Å²) in [6.07, 6.45) is 0. The normalized spacial score (nSPS) is 11.9. The molecular formula is C29H18BrN3O2. The smallest absolute Gasteiger partial charge is 0.338 e. The molecule has 2 heterocycles. The van der Waals surface area contributed by atoms with Gasteiger partial charge in [-0.05, 0) is 48.7 Å². The van der Waals surface area contributed by atoms with E-state index in [1.165, 1.54) is 0 Å². The van der Waals surface area contributed by atoms with E-state index in [9.17, 15) is 4.79 Å². The summed E-state index contributed by atoms with van der Waals surface area (Å²) in [5, 5.41) is 5.52. The fourth-order valence-corrected chi connectivity index (χ4v) is 5.52. The van der Waals surface area contributed by atoms with Gasteiger partial charge in [0, 0.05) is 31.4 Å². The van der Waals surface area contributed by atoms with Gasteiger partial charge in [0.05, 0.1) is 45.3 Å². The largest absolute Gasteiger partial charge is 0.462 e. The summed E-state index contributed by atoms with van der Waals surface area (Å²) in [5.74, 6) is -0.345. The molecule has 0 fully saturated rings. The number of fused-ring (bicyclic) bond motifs is 11. The molecule has 0 saturated heterocycles. The number of benzene rings is 5. The third kappa shape index (κ3) is 2.90. The summed E-state index contributed by atoms with van der Waals surface area (Å²) in [5.41, 5.74) is 5.75. The summed E-state index contributed by atoms with van der Waals surface area (Å²) >= 11 is 3.59. The number of carbonyl (C=O) groups excluding carboxylic acids is 1. The Bertz CT molecular complexity index is 2010. The highest BCUT2D eigenvalue weighted by atomic mass is 79.9. The number of aromatic amines is 1. The van der Waals surface area contributed by atoms with Crippen LogP contribution in [0.3, 0.4) is 0 Å². The van der Waals surface area contributed by atoms with Gasteiger partial charge in [0.2, 0.25) is 0 Å². The number of aromatic nitrogens is 3. The van der Waals surface area contributed by atoms with Crippen molar-refractivity contribution < 1.29 is 9.53 Å². The Morgan fingerprint density at radius 3 is 2.46 bits per heavy atom. The molecule has 5 nitrogen and oxygen atoms in total. The molecule has 5 aromatic carbocycles. The lowest BCUT2D eigenvalue weighted by Gasteiger charge is -2.15. The number of nitrogens with one attached hydrogen (secondary N) is 1. The predicted molar refractivity (Wildman–Crippen MR) is 145 cm³/mol. The van der Waals surface area contributed by atoms with Crippen molar-refractivity contribution in [3.05, 3.63) is 82.8 Å². The third-order valence-electron chi connectivity index (χ3n) is 6.61. The molecule has 0 spiro atoms. The average molecular weight is 520 g/mol. The minimum atomic E-state index is -0.345. The first-order valence-corrected chi connectivity index (χ1v) is 12.3. The number of H-pyrrole nitrogens is 1. The third-order valence-corrected chi connectivity index (χ3v) is 7.10. The predicted octanol–water partition coefficient (Wildman–Crippen LogP) is 7.66. The molecule has 168 valence electrons. The molecule has 0 aliphatic heterocycles. The van der Waals surface area contributed by atoms with Crippen molar-refractivity contribution in [3.8, 4) is 0 Å². The van der Waals surface area contributed by atoms with Crippen molar-refractivity contribution in [1.29, 1.82) is 0 Å². The fraction of sp³-hybridized carbons (Fsp3) is 0.0690. The molecule has 0 bridgehead atoms. The molecule has 7 aromatic rings. The van der Waals surface area contributed by atoms with Gasteiger partial charge in [0.1, 0.15) is 0 Å². The van der Waals surface area contributed by atoms with Crippen LogP contribution in [0.25, 0.3) is 65.4 Å². The molecule has 2 aromatic heterocycles. The van der Waals surface area contributed by atoms with Crippen LogP contribution in [0.2, 0.25) is 0 Å². The standard InChI is InChI=1S/C29H18BrN3O2/c1-2-35-29(34)20-14-19-18-13-15(30)11-12-21(18)31-26(19)25-24(20)16-7-3-4-8-17(16)27-28(25)33-23-10-6-5-9-22(23)32-27/h3-14,33H,2H2,1H3. The Labute approximate surface area is 207 Å². The van der Waals surface area contributed by atoms with E-state index in [1.807, 2.05) is 73.7 Å².